The van der Waals surface area contributed by atoms with Gasteiger partial charge in [0.05, 0.1) is 0 Å². The van der Waals surface area contributed by atoms with Gasteiger partial charge in [0.1, 0.15) is 0 Å². The lowest BCUT2D eigenvalue weighted by Gasteiger charge is -2.27. The van der Waals surface area contributed by atoms with Crippen LogP contribution in [0.25, 0.3) is 11.4 Å². The number of nitrogens with one attached hydrogen (secondary N) is 1. The number of nitrogens with zero attached hydrogens (tertiary/aromatic N) is 3. The first kappa shape index (κ1) is 21.2. The van der Waals surface area contributed by atoms with Gasteiger partial charge < -0.3 is 9.84 Å². The summed E-state index contributed by atoms with van der Waals surface area (Å²) in [6.07, 6.45) is 4.64. The average molecular weight is 419 g/mol. The van der Waals surface area contributed by atoms with E-state index in [9.17, 15) is 4.79 Å². The van der Waals surface area contributed by atoms with Crippen LogP contribution in [0, 0.1) is 6.92 Å². The van der Waals surface area contributed by atoms with Gasteiger partial charge in [0.15, 0.2) is 0 Å². The molecule has 1 saturated heterocycles. The van der Waals surface area contributed by atoms with Crippen molar-refractivity contribution in [3.05, 3.63) is 71.1 Å². The fourth-order valence-electron chi connectivity index (χ4n) is 3.92. The predicted octanol–water partition coefficient (Wildman–Crippen LogP) is 4.28. The molecule has 2 heterocycles. The standard InChI is InChI=1S/C25H30N4O2/c1-19-9-11-20(12-10-19)25-27-24(31-28-25)14-13-23(30)26-17-21-7-3-4-8-22(21)18-29-15-5-2-6-16-29/h3-4,7-12H,2,5-6,13-18H2,1H3,(H,26,30). The molecule has 0 unspecified atom stereocenters. The maximum absolute atomic E-state index is 12.4. The van der Waals surface area contributed by atoms with Crippen LogP contribution in [0.2, 0.25) is 0 Å². The number of hydrogen-bond acceptors (Lipinski definition) is 5. The minimum Gasteiger partial charge on any atom is -0.352 e. The van der Waals surface area contributed by atoms with Gasteiger partial charge in [0.25, 0.3) is 0 Å². The molecule has 6 heteroatoms. The Morgan fingerprint density at radius 1 is 1.03 bits per heavy atom. The molecule has 6 nitrogen and oxygen atoms in total. The van der Waals surface area contributed by atoms with E-state index < -0.39 is 0 Å². The van der Waals surface area contributed by atoms with Crippen molar-refractivity contribution >= 4 is 5.91 Å². The maximum atomic E-state index is 12.4. The number of benzene rings is 2. The van der Waals surface area contributed by atoms with Gasteiger partial charge in [-0.2, -0.15) is 4.98 Å². The first-order chi connectivity index (χ1) is 15.2. The number of carbonyl (C=O) groups excluding carboxylic acids is 1. The third kappa shape index (κ3) is 6.01. The highest BCUT2D eigenvalue weighted by Crippen LogP contribution is 2.18. The average Bonchev–Trinajstić information content (AvgIpc) is 3.27. The molecule has 1 aliphatic rings. The summed E-state index contributed by atoms with van der Waals surface area (Å²) in [5.74, 6) is 1.03. The molecule has 0 atom stereocenters. The second-order valence-corrected chi connectivity index (χ2v) is 8.26. The Morgan fingerprint density at radius 3 is 2.55 bits per heavy atom. The zero-order chi connectivity index (χ0) is 21.5. The Bertz CT molecular complexity index is 991. The largest absolute Gasteiger partial charge is 0.352 e. The number of aryl methyl sites for hydroxylation is 2. The monoisotopic (exact) mass is 418 g/mol. The molecular weight excluding hydrogens is 388 g/mol. The van der Waals surface area contributed by atoms with Gasteiger partial charge in [-0.3, -0.25) is 9.69 Å². The molecule has 0 saturated carbocycles. The van der Waals surface area contributed by atoms with Crippen molar-refractivity contribution in [2.45, 2.75) is 52.1 Å². The summed E-state index contributed by atoms with van der Waals surface area (Å²) in [6.45, 7) is 5.86. The molecule has 4 rings (SSSR count). The zero-order valence-corrected chi connectivity index (χ0v) is 18.1. The van der Waals surface area contributed by atoms with E-state index in [1.807, 2.05) is 37.3 Å². The number of carbonyl (C=O) groups is 1. The minimum atomic E-state index is -0.0112. The molecule has 2 aromatic carbocycles. The number of piperidine rings is 1. The molecule has 1 aliphatic heterocycles. The fourth-order valence-corrected chi connectivity index (χ4v) is 3.92. The number of rotatable bonds is 8. The summed E-state index contributed by atoms with van der Waals surface area (Å²) in [5, 5.41) is 7.08. The first-order valence-corrected chi connectivity index (χ1v) is 11.1. The molecule has 0 spiro atoms. The normalized spacial score (nSPS) is 14.5. The number of likely N-dealkylation sites (tertiary alicyclic amines) is 1. The molecule has 1 fully saturated rings. The van der Waals surface area contributed by atoms with Gasteiger partial charge in [0, 0.05) is 31.5 Å². The summed E-state index contributed by atoms with van der Waals surface area (Å²) in [4.78, 5) is 19.3. The summed E-state index contributed by atoms with van der Waals surface area (Å²) in [7, 11) is 0. The highest BCUT2D eigenvalue weighted by molar-refractivity contribution is 5.76. The van der Waals surface area contributed by atoms with Crippen LogP contribution in [0.1, 0.15) is 48.3 Å². The van der Waals surface area contributed by atoms with E-state index in [1.54, 1.807) is 0 Å². The number of amides is 1. The Balaban J connectivity index is 1.27. The quantitative estimate of drug-likeness (QED) is 0.591. The van der Waals surface area contributed by atoms with Crippen LogP contribution in [-0.4, -0.2) is 34.0 Å². The SMILES string of the molecule is Cc1ccc(-c2noc(CCC(=O)NCc3ccccc3CN3CCCCC3)n2)cc1. The van der Waals surface area contributed by atoms with E-state index in [0.29, 0.717) is 31.1 Å². The van der Waals surface area contributed by atoms with E-state index in [-0.39, 0.29) is 5.91 Å². The second kappa shape index (κ2) is 10.4. The lowest BCUT2D eigenvalue weighted by Crippen LogP contribution is -2.30. The summed E-state index contributed by atoms with van der Waals surface area (Å²) in [5.41, 5.74) is 4.57. The van der Waals surface area contributed by atoms with Crippen LogP contribution in [0.4, 0.5) is 0 Å². The third-order valence-corrected chi connectivity index (χ3v) is 5.78. The van der Waals surface area contributed by atoms with Gasteiger partial charge in [-0.25, -0.2) is 0 Å². The van der Waals surface area contributed by atoms with Crippen molar-refractivity contribution < 1.29 is 9.32 Å². The lowest BCUT2D eigenvalue weighted by atomic mass is 10.0. The third-order valence-electron chi connectivity index (χ3n) is 5.78. The first-order valence-electron chi connectivity index (χ1n) is 11.1. The highest BCUT2D eigenvalue weighted by Gasteiger charge is 2.14. The van der Waals surface area contributed by atoms with Crippen LogP contribution < -0.4 is 5.32 Å². The number of aromatic nitrogens is 2. The van der Waals surface area contributed by atoms with E-state index in [0.717, 1.165) is 25.2 Å². The molecule has 0 bridgehead atoms. The Labute approximate surface area is 183 Å². The summed E-state index contributed by atoms with van der Waals surface area (Å²) in [6, 6.07) is 16.4. The summed E-state index contributed by atoms with van der Waals surface area (Å²) >= 11 is 0. The van der Waals surface area contributed by atoms with E-state index >= 15 is 0 Å². The van der Waals surface area contributed by atoms with Crippen LogP contribution in [0.3, 0.4) is 0 Å². The molecule has 1 amide bonds. The van der Waals surface area contributed by atoms with E-state index in [4.69, 9.17) is 4.52 Å². The zero-order valence-electron chi connectivity index (χ0n) is 18.1. The molecule has 162 valence electrons. The van der Waals surface area contributed by atoms with Crippen LogP contribution in [0.5, 0.6) is 0 Å². The minimum absolute atomic E-state index is 0.0112. The predicted molar refractivity (Wildman–Crippen MR) is 120 cm³/mol. The smallest absolute Gasteiger partial charge is 0.227 e. The fraction of sp³-hybridized carbons (Fsp3) is 0.400. The Kier molecular flexibility index (Phi) is 7.10. The second-order valence-electron chi connectivity index (χ2n) is 8.26. The van der Waals surface area contributed by atoms with Crippen LogP contribution >= 0.6 is 0 Å². The number of hydrogen-bond donors (Lipinski definition) is 1. The van der Waals surface area contributed by atoms with Gasteiger partial charge in [-0.1, -0.05) is 65.7 Å². The Morgan fingerprint density at radius 2 is 1.77 bits per heavy atom. The van der Waals surface area contributed by atoms with Crippen LogP contribution in [-0.2, 0) is 24.3 Å². The molecule has 3 aromatic rings. The van der Waals surface area contributed by atoms with Crippen molar-refractivity contribution in [2.75, 3.05) is 13.1 Å². The highest BCUT2D eigenvalue weighted by atomic mass is 16.5. The molecule has 1 aromatic heterocycles. The molecule has 0 radical (unpaired) electrons. The van der Waals surface area contributed by atoms with Crippen LogP contribution in [0.15, 0.2) is 53.1 Å². The van der Waals surface area contributed by atoms with Crippen molar-refractivity contribution in [1.82, 2.24) is 20.4 Å². The van der Waals surface area contributed by atoms with Gasteiger partial charge in [0.2, 0.25) is 17.6 Å². The van der Waals surface area contributed by atoms with Crippen molar-refractivity contribution in [2.24, 2.45) is 0 Å². The van der Waals surface area contributed by atoms with Gasteiger partial charge >= 0.3 is 0 Å². The Hall–Kier alpha value is -2.99. The van der Waals surface area contributed by atoms with Gasteiger partial charge in [-0.05, 0) is 44.0 Å². The molecule has 31 heavy (non-hydrogen) atoms. The molecular formula is C25H30N4O2. The van der Waals surface area contributed by atoms with E-state index in [2.05, 4.69) is 38.6 Å². The van der Waals surface area contributed by atoms with Crippen molar-refractivity contribution in [3.63, 3.8) is 0 Å². The lowest BCUT2D eigenvalue weighted by molar-refractivity contribution is -0.121. The maximum Gasteiger partial charge on any atom is 0.227 e. The molecule has 1 N–H and O–H groups in total. The molecule has 0 aliphatic carbocycles. The topological polar surface area (TPSA) is 71.3 Å². The van der Waals surface area contributed by atoms with Crippen molar-refractivity contribution in [1.29, 1.82) is 0 Å². The van der Waals surface area contributed by atoms with Gasteiger partial charge in [-0.15, -0.1) is 0 Å². The van der Waals surface area contributed by atoms with E-state index in [1.165, 1.54) is 36.0 Å². The summed E-state index contributed by atoms with van der Waals surface area (Å²) < 4.78 is 5.32. The van der Waals surface area contributed by atoms with Crippen molar-refractivity contribution in [3.8, 4) is 11.4 Å².